The largest absolute Gasteiger partial charge is 0.466 e. The molecular weight excluding hydrogens is 340 g/mol. The normalized spacial score (nSPS) is 21.0. The van der Waals surface area contributed by atoms with Crippen LogP contribution in [0.5, 0.6) is 0 Å². The lowest BCUT2D eigenvalue weighted by molar-refractivity contribution is -0.148. The van der Waals surface area contributed by atoms with Crippen molar-refractivity contribution in [3.8, 4) is 0 Å². The van der Waals surface area contributed by atoms with Gasteiger partial charge in [0.2, 0.25) is 0 Å². The van der Waals surface area contributed by atoms with Gasteiger partial charge in [-0.25, -0.2) is 8.42 Å². The molecule has 0 unspecified atom stereocenters. The molecule has 0 aromatic carbocycles. The highest BCUT2D eigenvalue weighted by Gasteiger charge is 2.39. The third-order valence-corrected chi connectivity index (χ3v) is 6.03. The number of pyridine rings is 1. The summed E-state index contributed by atoms with van der Waals surface area (Å²) in [6.45, 7) is 5.96. The molecule has 1 aromatic rings. The minimum atomic E-state index is -3.46. The van der Waals surface area contributed by atoms with Gasteiger partial charge in [-0.1, -0.05) is 0 Å². The number of esters is 1. The second-order valence-corrected chi connectivity index (χ2v) is 8.03. The van der Waals surface area contributed by atoms with Crippen LogP contribution < -0.4 is 5.32 Å². The number of sulfone groups is 1. The predicted octanol–water partition coefficient (Wildman–Crippen LogP) is 1.90. The van der Waals surface area contributed by atoms with Crippen LogP contribution in [0.15, 0.2) is 23.2 Å². The van der Waals surface area contributed by atoms with Crippen molar-refractivity contribution in [2.75, 3.05) is 13.2 Å². The van der Waals surface area contributed by atoms with Crippen molar-refractivity contribution >= 4 is 28.2 Å². The molecule has 6 nitrogen and oxygen atoms in total. The summed E-state index contributed by atoms with van der Waals surface area (Å²) in [7, 11) is -3.46. The Labute approximate surface area is 143 Å². The van der Waals surface area contributed by atoms with Gasteiger partial charge >= 0.3 is 5.97 Å². The van der Waals surface area contributed by atoms with E-state index in [1.54, 1.807) is 39.1 Å². The van der Waals surface area contributed by atoms with E-state index in [9.17, 15) is 13.2 Å². The summed E-state index contributed by atoms with van der Waals surface area (Å²) in [6.07, 6.45) is 2.16. The zero-order valence-corrected chi connectivity index (χ0v) is 15.1. The van der Waals surface area contributed by atoms with Gasteiger partial charge in [-0.2, -0.15) is 0 Å². The number of carbonyl (C=O) groups excluding carboxylic acids is 1. The summed E-state index contributed by atoms with van der Waals surface area (Å²) in [4.78, 5) is 16.5. The molecule has 2 atom stereocenters. The third-order valence-electron chi connectivity index (χ3n) is 3.83. The van der Waals surface area contributed by atoms with E-state index in [4.69, 9.17) is 4.74 Å². The highest BCUT2D eigenvalue weighted by Crippen LogP contribution is 2.33. The van der Waals surface area contributed by atoms with Crippen LogP contribution in [0.4, 0.5) is 0 Å². The maximum atomic E-state index is 12.5. The van der Waals surface area contributed by atoms with Crippen molar-refractivity contribution < 1.29 is 17.9 Å². The monoisotopic (exact) mass is 362 g/mol. The summed E-state index contributed by atoms with van der Waals surface area (Å²) in [5, 5.41) is 2.64. The molecule has 2 heterocycles. The van der Waals surface area contributed by atoms with E-state index in [0.29, 0.717) is 25.3 Å². The Balaban J connectivity index is 0.00000264. The topological polar surface area (TPSA) is 85.4 Å². The smallest absolute Gasteiger partial charge is 0.310 e. The number of carbonyl (C=O) groups is 1. The molecule has 1 fully saturated rings. The first-order chi connectivity index (χ1) is 10.4. The molecule has 1 aromatic heterocycles. The average molecular weight is 363 g/mol. The first-order valence-electron chi connectivity index (χ1n) is 7.48. The molecule has 1 saturated heterocycles. The molecule has 8 heteroatoms. The molecule has 130 valence electrons. The van der Waals surface area contributed by atoms with Crippen molar-refractivity contribution in [1.82, 2.24) is 10.3 Å². The van der Waals surface area contributed by atoms with Crippen LogP contribution in [0, 0.1) is 5.92 Å². The molecule has 0 amide bonds. The number of ether oxygens (including phenoxy) is 1. The minimum Gasteiger partial charge on any atom is -0.466 e. The summed E-state index contributed by atoms with van der Waals surface area (Å²) in [5.74, 6) is -0.716. The van der Waals surface area contributed by atoms with E-state index in [1.807, 2.05) is 0 Å². The van der Waals surface area contributed by atoms with Gasteiger partial charge in [-0.3, -0.25) is 9.78 Å². The second-order valence-electron chi connectivity index (χ2n) is 5.56. The van der Waals surface area contributed by atoms with Crippen molar-refractivity contribution in [2.24, 2.45) is 5.92 Å². The summed E-state index contributed by atoms with van der Waals surface area (Å²) in [5.41, 5.74) is 0.409. The standard InChI is InChI=1S/C15H22N2O4S.ClH/c1-4-21-15(18)11-7-9-17-13(11)14-12(6-5-8-16-14)22(19,20)10(2)3;/h5-6,8,10-11,13,17H,4,7,9H2,1-3H3;1H/t11-,13+;/m0./s1. The molecule has 1 aliphatic rings. The Kier molecular flexibility index (Phi) is 6.98. The molecule has 1 aliphatic heterocycles. The van der Waals surface area contributed by atoms with E-state index in [-0.39, 0.29) is 23.3 Å². The Morgan fingerprint density at radius 2 is 2.17 bits per heavy atom. The van der Waals surface area contributed by atoms with E-state index < -0.39 is 27.0 Å². The van der Waals surface area contributed by atoms with E-state index in [0.717, 1.165) is 0 Å². The molecule has 0 spiro atoms. The minimum absolute atomic E-state index is 0. The molecule has 2 rings (SSSR count). The van der Waals surface area contributed by atoms with E-state index in [2.05, 4.69) is 10.3 Å². The van der Waals surface area contributed by atoms with Gasteiger partial charge in [0.15, 0.2) is 9.84 Å². The second kappa shape index (κ2) is 8.08. The fourth-order valence-corrected chi connectivity index (χ4v) is 3.87. The zero-order valence-electron chi connectivity index (χ0n) is 13.5. The lowest BCUT2D eigenvalue weighted by Gasteiger charge is -2.21. The Bertz CT molecular complexity index is 649. The Morgan fingerprint density at radius 1 is 1.48 bits per heavy atom. The predicted molar refractivity (Wildman–Crippen MR) is 89.3 cm³/mol. The van der Waals surface area contributed by atoms with Crippen LogP contribution in [0.2, 0.25) is 0 Å². The Morgan fingerprint density at radius 3 is 2.78 bits per heavy atom. The number of hydrogen-bond acceptors (Lipinski definition) is 6. The SMILES string of the molecule is CCOC(=O)[C@H]1CCN[C@H]1c1ncccc1S(=O)(=O)C(C)C.Cl. The zero-order chi connectivity index (χ0) is 16.3. The molecule has 23 heavy (non-hydrogen) atoms. The first-order valence-corrected chi connectivity index (χ1v) is 9.03. The van der Waals surface area contributed by atoms with Crippen LogP contribution in [-0.2, 0) is 19.4 Å². The van der Waals surface area contributed by atoms with Gasteiger partial charge in [0.05, 0.1) is 34.4 Å². The van der Waals surface area contributed by atoms with Crippen LogP contribution in [-0.4, -0.2) is 37.8 Å². The average Bonchev–Trinajstić information content (AvgIpc) is 2.96. The lowest BCUT2D eigenvalue weighted by Crippen LogP contribution is -2.28. The molecule has 0 saturated carbocycles. The maximum Gasteiger partial charge on any atom is 0.310 e. The number of aromatic nitrogens is 1. The van der Waals surface area contributed by atoms with Gasteiger partial charge in [0.25, 0.3) is 0 Å². The van der Waals surface area contributed by atoms with Crippen LogP contribution in [0.25, 0.3) is 0 Å². The lowest BCUT2D eigenvalue weighted by atomic mass is 9.98. The maximum absolute atomic E-state index is 12.5. The van der Waals surface area contributed by atoms with Crippen LogP contribution in [0.3, 0.4) is 0 Å². The number of nitrogens with zero attached hydrogens (tertiary/aromatic N) is 1. The van der Waals surface area contributed by atoms with E-state index in [1.165, 1.54) is 0 Å². The molecule has 1 N–H and O–H groups in total. The molecule has 0 bridgehead atoms. The van der Waals surface area contributed by atoms with Crippen molar-refractivity contribution in [3.05, 3.63) is 24.0 Å². The fraction of sp³-hybridized carbons (Fsp3) is 0.600. The van der Waals surface area contributed by atoms with Gasteiger partial charge < -0.3 is 10.1 Å². The highest BCUT2D eigenvalue weighted by molar-refractivity contribution is 7.92. The third kappa shape index (κ3) is 4.02. The first kappa shape index (κ1) is 19.9. The summed E-state index contributed by atoms with van der Waals surface area (Å²) in [6, 6.07) is 2.73. The van der Waals surface area contributed by atoms with Crippen molar-refractivity contribution in [3.63, 3.8) is 0 Å². The van der Waals surface area contributed by atoms with Crippen LogP contribution in [0.1, 0.15) is 38.9 Å². The molecular formula is C15H23ClN2O4S. The number of nitrogens with one attached hydrogen (secondary N) is 1. The van der Waals surface area contributed by atoms with Gasteiger partial charge in [0, 0.05) is 6.20 Å². The van der Waals surface area contributed by atoms with Gasteiger partial charge in [-0.15, -0.1) is 12.4 Å². The summed E-state index contributed by atoms with van der Waals surface area (Å²) >= 11 is 0. The fourth-order valence-electron chi connectivity index (χ4n) is 2.62. The molecule has 0 radical (unpaired) electrons. The number of rotatable bonds is 5. The van der Waals surface area contributed by atoms with Crippen molar-refractivity contribution in [1.29, 1.82) is 0 Å². The number of hydrogen-bond donors (Lipinski definition) is 1. The molecule has 0 aliphatic carbocycles. The van der Waals surface area contributed by atoms with Crippen molar-refractivity contribution in [2.45, 2.75) is 43.4 Å². The van der Waals surface area contributed by atoms with Gasteiger partial charge in [-0.05, 0) is 45.9 Å². The Hall–Kier alpha value is -1.18. The van der Waals surface area contributed by atoms with E-state index >= 15 is 0 Å². The summed E-state index contributed by atoms with van der Waals surface area (Å²) < 4.78 is 30.1. The quantitative estimate of drug-likeness (QED) is 0.805. The van der Waals surface area contributed by atoms with Gasteiger partial charge in [0.1, 0.15) is 0 Å². The highest BCUT2D eigenvalue weighted by atomic mass is 35.5. The number of halogens is 1. The van der Waals surface area contributed by atoms with Crippen LogP contribution >= 0.6 is 12.4 Å².